The van der Waals surface area contributed by atoms with Crippen molar-refractivity contribution in [1.29, 1.82) is 0 Å². The van der Waals surface area contributed by atoms with Crippen LogP contribution in [0.25, 0.3) is 0 Å². The lowest BCUT2D eigenvalue weighted by atomic mass is 9.86. The summed E-state index contributed by atoms with van der Waals surface area (Å²) >= 11 is 0. The summed E-state index contributed by atoms with van der Waals surface area (Å²) in [5, 5.41) is 3.68. The maximum absolute atomic E-state index is 5.37. The van der Waals surface area contributed by atoms with E-state index in [-0.39, 0.29) is 0 Å². The van der Waals surface area contributed by atoms with E-state index in [1.807, 2.05) is 6.92 Å². The van der Waals surface area contributed by atoms with Crippen LogP contribution < -0.4 is 5.32 Å². The van der Waals surface area contributed by atoms with E-state index < -0.39 is 0 Å². The molecule has 0 aromatic carbocycles. The molecular formula is C16H28N2O. The van der Waals surface area contributed by atoms with E-state index in [1.165, 1.54) is 24.8 Å². The average molecular weight is 264 g/mol. The SMILES string of the molecule is CCC(C)(CNC1CC1)CN(C)Cc1ccoc1C. The second-order valence-electron chi connectivity index (χ2n) is 6.49. The molecule has 0 spiro atoms. The van der Waals surface area contributed by atoms with Crippen LogP contribution in [0.2, 0.25) is 0 Å². The van der Waals surface area contributed by atoms with Crippen molar-refractivity contribution in [2.75, 3.05) is 20.1 Å². The number of hydrogen-bond acceptors (Lipinski definition) is 3. The Hall–Kier alpha value is -0.800. The van der Waals surface area contributed by atoms with Gasteiger partial charge in [0.15, 0.2) is 0 Å². The standard InChI is InChI=1S/C16H28N2O/c1-5-16(3,11-17-15-6-7-15)12-18(4)10-14-8-9-19-13(14)2/h8-9,15,17H,5-7,10-12H2,1-4H3. The van der Waals surface area contributed by atoms with Crippen LogP contribution in [0.15, 0.2) is 16.7 Å². The third-order valence-electron chi connectivity index (χ3n) is 4.31. The molecule has 1 aliphatic carbocycles. The number of rotatable bonds is 8. The largest absolute Gasteiger partial charge is 0.469 e. The van der Waals surface area contributed by atoms with Gasteiger partial charge in [0.2, 0.25) is 0 Å². The van der Waals surface area contributed by atoms with Crippen molar-refractivity contribution in [2.45, 2.75) is 52.6 Å². The lowest BCUT2D eigenvalue weighted by Gasteiger charge is -2.33. The molecule has 0 radical (unpaired) electrons. The molecule has 1 N–H and O–H groups in total. The summed E-state index contributed by atoms with van der Waals surface area (Å²) in [5.41, 5.74) is 1.66. The monoisotopic (exact) mass is 264 g/mol. The van der Waals surface area contributed by atoms with Gasteiger partial charge in [0, 0.05) is 31.2 Å². The zero-order chi connectivity index (χ0) is 13.9. The van der Waals surface area contributed by atoms with Crippen molar-refractivity contribution in [3.05, 3.63) is 23.7 Å². The predicted octanol–water partition coefficient (Wildman–Crippen LogP) is 3.19. The fourth-order valence-electron chi connectivity index (χ4n) is 2.54. The smallest absolute Gasteiger partial charge is 0.105 e. The summed E-state index contributed by atoms with van der Waals surface area (Å²) < 4.78 is 5.37. The van der Waals surface area contributed by atoms with Gasteiger partial charge >= 0.3 is 0 Å². The molecule has 0 saturated heterocycles. The van der Waals surface area contributed by atoms with Gasteiger partial charge in [-0.25, -0.2) is 0 Å². The maximum atomic E-state index is 5.37. The molecule has 2 rings (SSSR count). The Balaban J connectivity index is 1.83. The number of nitrogens with zero attached hydrogens (tertiary/aromatic N) is 1. The molecule has 1 heterocycles. The third-order valence-corrected chi connectivity index (χ3v) is 4.31. The van der Waals surface area contributed by atoms with Crippen LogP contribution in [0.1, 0.15) is 44.4 Å². The van der Waals surface area contributed by atoms with Gasteiger partial charge in [-0.1, -0.05) is 13.8 Å². The first kappa shape index (κ1) is 14.6. The summed E-state index contributed by atoms with van der Waals surface area (Å²) in [6, 6.07) is 2.88. The molecule has 1 aliphatic rings. The van der Waals surface area contributed by atoms with Gasteiger partial charge in [0.1, 0.15) is 5.76 Å². The van der Waals surface area contributed by atoms with Crippen LogP contribution in [0, 0.1) is 12.3 Å². The minimum absolute atomic E-state index is 0.356. The lowest BCUT2D eigenvalue weighted by molar-refractivity contribution is 0.174. The van der Waals surface area contributed by atoms with Crippen molar-refractivity contribution >= 4 is 0 Å². The fraction of sp³-hybridized carbons (Fsp3) is 0.750. The molecule has 0 amide bonds. The second kappa shape index (κ2) is 6.10. The van der Waals surface area contributed by atoms with Crippen molar-refractivity contribution in [3.8, 4) is 0 Å². The molecule has 0 bridgehead atoms. The minimum atomic E-state index is 0.356. The highest BCUT2D eigenvalue weighted by atomic mass is 16.3. The molecule has 0 aliphatic heterocycles. The van der Waals surface area contributed by atoms with Gasteiger partial charge in [0.05, 0.1) is 6.26 Å². The zero-order valence-corrected chi connectivity index (χ0v) is 12.8. The first-order valence-electron chi connectivity index (χ1n) is 7.47. The Kier molecular flexibility index (Phi) is 4.69. The van der Waals surface area contributed by atoms with Gasteiger partial charge in [-0.05, 0) is 44.7 Å². The molecule has 108 valence electrons. The summed E-state index contributed by atoms with van der Waals surface area (Å²) in [6.45, 7) is 9.95. The normalized spacial score (nSPS) is 18.8. The second-order valence-corrected chi connectivity index (χ2v) is 6.49. The van der Waals surface area contributed by atoms with Crippen LogP contribution in [-0.4, -0.2) is 31.1 Å². The Morgan fingerprint density at radius 2 is 2.21 bits per heavy atom. The van der Waals surface area contributed by atoms with Crippen LogP contribution in [0.5, 0.6) is 0 Å². The Morgan fingerprint density at radius 3 is 2.74 bits per heavy atom. The highest BCUT2D eigenvalue weighted by Crippen LogP contribution is 2.26. The maximum Gasteiger partial charge on any atom is 0.105 e. The molecule has 3 nitrogen and oxygen atoms in total. The molecule has 1 aromatic rings. The van der Waals surface area contributed by atoms with Gasteiger partial charge < -0.3 is 14.6 Å². The number of aryl methyl sites for hydroxylation is 1. The Morgan fingerprint density at radius 1 is 1.47 bits per heavy atom. The molecular weight excluding hydrogens is 236 g/mol. The summed E-state index contributed by atoms with van der Waals surface area (Å²) in [4.78, 5) is 2.41. The minimum Gasteiger partial charge on any atom is -0.469 e. The van der Waals surface area contributed by atoms with E-state index in [9.17, 15) is 0 Å². The van der Waals surface area contributed by atoms with Gasteiger partial charge in [-0.2, -0.15) is 0 Å². The summed E-state index contributed by atoms with van der Waals surface area (Å²) in [5.74, 6) is 1.04. The first-order chi connectivity index (χ1) is 9.02. The lowest BCUT2D eigenvalue weighted by Crippen LogP contribution is -2.41. The highest BCUT2D eigenvalue weighted by molar-refractivity contribution is 5.15. The number of furan rings is 1. The van der Waals surface area contributed by atoms with Crippen LogP contribution >= 0.6 is 0 Å². The number of hydrogen-bond donors (Lipinski definition) is 1. The average Bonchev–Trinajstić information content (AvgIpc) is 3.12. The van der Waals surface area contributed by atoms with Gasteiger partial charge in [0.25, 0.3) is 0 Å². The van der Waals surface area contributed by atoms with E-state index in [0.717, 1.165) is 31.4 Å². The van der Waals surface area contributed by atoms with E-state index in [0.29, 0.717) is 5.41 Å². The number of nitrogens with one attached hydrogen (secondary N) is 1. The summed E-state index contributed by atoms with van der Waals surface area (Å²) in [7, 11) is 2.21. The first-order valence-corrected chi connectivity index (χ1v) is 7.47. The Bertz CT molecular complexity index is 397. The van der Waals surface area contributed by atoms with Crippen molar-refractivity contribution in [3.63, 3.8) is 0 Å². The van der Waals surface area contributed by atoms with Crippen LogP contribution in [0.3, 0.4) is 0 Å². The highest BCUT2D eigenvalue weighted by Gasteiger charge is 2.28. The van der Waals surface area contributed by atoms with Crippen molar-refractivity contribution in [2.24, 2.45) is 5.41 Å². The van der Waals surface area contributed by atoms with E-state index in [4.69, 9.17) is 4.42 Å². The predicted molar refractivity (Wildman–Crippen MR) is 79.2 cm³/mol. The fourth-order valence-corrected chi connectivity index (χ4v) is 2.54. The quantitative estimate of drug-likeness (QED) is 0.781. The Labute approximate surface area is 117 Å². The van der Waals surface area contributed by atoms with E-state index in [1.54, 1.807) is 6.26 Å². The molecule has 1 unspecified atom stereocenters. The van der Waals surface area contributed by atoms with Crippen LogP contribution in [-0.2, 0) is 6.54 Å². The molecule has 1 fully saturated rings. The molecule has 1 aromatic heterocycles. The topological polar surface area (TPSA) is 28.4 Å². The van der Waals surface area contributed by atoms with E-state index >= 15 is 0 Å². The van der Waals surface area contributed by atoms with Crippen molar-refractivity contribution in [1.82, 2.24) is 10.2 Å². The van der Waals surface area contributed by atoms with E-state index in [2.05, 4.69) is 37.2 Å². The van der Waals surface area contributed by atoms with Gasteiger partial charge in [-0.3, -0.25) is 0 Å². The third kappa shape index (κ3) is 4.36. The molecule has 3 heteroatoms. The van der Waals surface area contributed by atoms with Gasteiger partial charge in [-0.15, -0.1) is 0 Å². The summed E-state index contributed by atoms with van der Waals surface area (Å²) in [6.07, 6.45) is 5.72. The molecule has 19 heavy (non-hydrogen) atoms. The molecule has 1 atom stereocenters. The van der Waals surface area contributed by atoms with Crippen molar-refractivity contribution < 1.29 is 4.42 Å². The molecule has 1 saturated carbocycles. The van der Waals surface area contributed by atoms with Crippen LogP contribution in [0.4, 0.5) is 0 Å². The zero-order valence-electron chi connectivity index (χ0n) is 12.8.